The largest absolute Gasteiger partial charge is 0.457 e. The van der Waals surface area contributed by atoms with Crippen molar-refractivity contribution in [2.45, 2.75) is 52.2 Å². The quantitative estimate of drug-likeness (QED) is 0.331. The molecule has 4 aromatic rings. The van der Waals surface area contributed by atoms with Gasteiger partial charge in [0.15, 0.2) is 0 Å². The number of ether oxygens (including phenoxy) is 1. The molecular weight excluding hydrogens is 488 g/mol. The van der Waals surface area contributed by atoms with Crippen LogP contribution >= 0.6 is 0 Å². The van der Waals surface area contributed by atoms with Gasteiger partial charge in [-0.1, -0.05) is 62.4 Å². The molecule has 39 heavy (non-hydrogen) atoms. The Hall–Kier alpha value is -3.97. The summed E-state index contributed by atoms with van der Waals surface area (Å²) in [5.41, 5.74) is 2.63. The van der Waals surface area contributed by atoms with E-state index < -0.39 is 6.04 Å². The van der Waals surface area contributed by atoms with E-state index in [1.807, 2.05) is 57.2 Å². The summed E-state index contributed by atoms with van der Waals surface area (Å²) < 4.78 is 7.53. The molecule has 202 valence electrons. The van der Waals surface area contributed by atoms with Crippen LogP contribution in [-0.2, 0) is 11.3 Å². The van der Waals surface area contributed by atoms with E-state index in [-0.39, 0.29) is 23.4 Å². The van der Waals surface area contributed by atoms with E-state index in [4.69, 9.17) is 4.74 Å². The summed E-state index contributed by atoms with van der Waals surface area (Å²) in [6, 6.07) is 22.9. The number of likely N-dealkylation sites (tertiary alicyclic amines) is 1. The molecule has 0 aliphatic carbocycles. The lowest BCUT2D eigenvalue weighted by molar-refractivity contribution is -0.126. The number of rotatable bonds is 8. The van der Waals surface area contributed by atoms with Gasteiger partial charge in [0, 0.05) is 25.7 Å². The molecule has 1 aliphatic heterocycles. The Morgan fingerprint density at radius 3 is 2.46 bits per heavy atom. The van der Waals surface area contributed by atoms with Crippen molar-refractivity contribution >= 4 is 16.8 Å². The highest BCUT2D eigenvalue weighted by molar-refractivity contribution is 5.82. The molecule has 7 heteroatoms. The molecular formula is C32H36N4O3. The van der Waals surface area contributed by atoms with E-state index in [0.717, 1.165) is 43.8 Å². The van der Waals surface area contributed by atoms with Gasteiger partial charge in [0.2, 0.25) is 5.91 Å². The first kappa shape index (κ1) is 26.6. The van der Waals surface area contributed by atoms with Crippen LogP contribution in [0.5, 0.6) is 11.5 Å². The van der Waals surface area contributed by atoms with Gasteiger partial charge in [-0.2, -0.15) is 0 Å². The number of carbonyl (C=O) groups is 1. The van der Waals surface area contributed by atoms with Crippen molar-refractivity contribution in [1.82, 2.24) is 19.8 Å². The van der Waals surface area contributed by atoms with E-state index in [1.54, 1.807) is 12.1 Å². The van der Waals surface area contributed by atoms with Crippen LogP contribution in [0.3, 0.4) is 0 Å². The first-order chi connectivity index (χ1) is 18.9. The Morgan fingerprint density at radius 1 is 1.03 bits per heavy atom. The maximum absolute atomic E-state index is 13.6. The molecule has 1 N–H and O–H groups in total. The van der Waals surface area contributed by atoms with E-state index in [1.165, 1.54) is 16.5 Å². The first-order valence-electron chi connectivity index (χ1n) is 13.7. The third-order valence-electron chi connectivity index (χ3n) is 7.46. The maximum Gasteiger partial charge on any atom is 0.262 e. The SMILES string of the molecule is Cc1ccccc1Oc1ccc2ncn(C(C(=O)NC3CCN(Cc4ccccc4)CC3)C(C)C)c(=O)c2c1. The fourth-order valence-corrected chi connectivity index (χ4v) is 5.29. The highest BCUT2D eigenvalue weighted by Gasteiger charge is 2.29. The Balaban J connectivity index is 1.30. The minimum Gasteiger partial charge on any atom is -0.457 e. The predicted molar refractivity (Wildman–Crippen MR) is 154 cm³/mol. The van der Waals surface area contributed by atoms with Gasteiger partial charge in [-0.05, 0) is 61.1 Å². The summed E-state index contributed by atoms with van der Waals surface area (Å²) >= 11 is 0. The van der Waals surface area contributed by atoms with E-state index >= 15 is 0 Å². The molecule has 1 aliphatic rings. The zero-order valence-electron chi connectivity index (χ0n) is 22.8. The van der Waals surface area contributed by atoms with Crippen LogP contribution in [-0.4, -0.2) is 39.5 Å². The van der Waals surface area contributed by atoms with Crippen LogP contribution < -0.4 is 15.6 Å². The second-order valence-electron chi connectivity index (χ2n) is 10.7. The standard InChI is InChI=1S/C32H36N4O3/c1-22(2)30(31(37)34-25-15-17-35(18-16-25)20-24-10-5-4-6-11-24)36-21-33-28-14-13-26(19-27(28)32(36)38)39-29-12-8-7-9-23(29)3/h4-14,19,21-22,25,30H,15-18,20H2,1-3H3,(H,34,37). The minimum absolute atomic E-state index is 0.0870. The van der Waals surface area contributed by atoms with Crippen molar-refractivity contribution in [1.29, 1.82) is 0 Å². The molecule has 1 fully saturated rings. The van der Waals surface area contributed by atoms with Crippen molar-refractivity contribution in [3.63, 3.8) is 0 Å². The number of aromatic nitrogens is 2. The predicted octanol–water partition coefficient (Wildman–Crippen LogP) is 5.48. The van der Waals surface area contributed by atoms with Crippen LogP contribution in [0.25, 0.3) is 10.9 Å². The second kappa shape index (κ2) is 11.8. The summed E-state index contributed by atoms with van der Waals surface area (Å²) in [5, 5.41) is 3.66. The lowest BCUT2D eigenvalue weighted by Crippen LogP contribution is -2.48. The molecule has 0 spiro atoms. The lowest BCUT2D eigenvalue weighted by Gasteiger charge is -2.33. The summed E-state index contributed by atoms with van der Waals surface area (Å²) in [6.45, 7) is 8.66. The van der Waals surface area contributed by atoms with Crippen molar-refractivity contribution in [2.24, 2.45) is 5.92 Å². The van der Waals surface area contributed by atoms with Gasteiger partial charge in [-0.15, -0.1) is 0 Å². The highest BCUT2D eigenvalue weighted by atomic mass is 16.5. The zero-order chi connectivity index (χ0) is 27.4. The van der Waals surface area contributed by atoms with Crippen molar-refractivity contribution in [3.8, 4) is 11.5 Å². The number of amides is 1. The van der Waals surface area contributed by atoms with Crippen LogP contribution in [0.4, 0.5) is 0 Å². The summed E-state index contributed by atoms with van der Waals surface area (Å²) in [5.74, 6) is 1.06. The van der Waals surface area contributed by atoms with Crippen LogP contribution in [0.2, 0.25) is 0 Å². The highest BCUT2D eigenvalue weighted by Crippen LogP contribution is 2.27. The number of nitrogens with one attached hydrogen (secondary N) is 1. The smallest absolute Gasteiger partial charge is 0.262 e. The van der Waals surface area contributed by atoms with Crippen LogP contribution in [0.1, 0.15) is 43.9 Å². The monoisotopic (exact) mass is 524 g/mol. The molecule has 0 saturated carbocycles. The van der Waals surface area contributed by atoms with Gasteiger partial charge in [-0.3, -0.25) is 19.1 Å². The Morgan fingerprint density at radius 2 is 1.74 bits per heavy atom. The normalized spacial score (nSPS) is 15.4. The third-order valence-corrected chi connectivity index (χ3v) is 7.46. The Bertz CT molecular complexity index is 1490. The van der Waals surface area contributed by atoms with Gasteiger partial charge < -0.3 is 10.1 Å². The molecule has 0 radical (unpaired) electrons. The van der Waals surface area contributed by atoms with Crippen LogP contribution in [0, 0.1) is 12.8 Å². The number of piperidine rings is 1. The summed E-state index contributed by atoms with van der Waals surface area (Å²) in [6.07, 6.45) is 3.26. The van der Waals surface area contributed by atoms with Crippen molar-refractivity contribution in [2.75, 3.05) is 13.1 Å². The minimum atomic E-state index is -0.655. The average Bonchev–Trinajstić information content (AvgIpc) is 2.93. The average molecular weight is 525 g/mol. The molecule has 7 nitrogen and oxygen atoms in total. The number of aryl methyl sites for hydroxylation is 1. The number of fused-ring (bicyclic) bond motifs is 1. The van der Waals surface area contributed by atoms with E-state index in [0.29, 0.717) is 16.7 Å². The Kier molecular flexibility index (Phi) is 8.07. The third kappa shape index (κ3) is 6.20. The number of carbonyl (C=O) groups excluding carboxylic acids is 1. The van der Waals surface area contributed by atoms with Crippen molar-refractivity contribution in [3.05, 3.63) is 101 Å². The lowest BCUT2D eigenvalue weighted by atomic mass is 10.00. The molecule has 0 bridgehead atoms. The van der Waals surface area contributed by atoms with Crippen LogP contribution in [0.15, 0.2) is 83.9 Å². The number of nitrogens with zero attached hydrogens (tertiary/aromatic N) is 3. The van der Waals surface area contributed by atoms with Gasteiger partial charge in [0.1, 0.15) is 17.5 Å². The van der Waals surface area contributed by atoms with Gasteiger partial charge in [0.05, 0.1) is 17.2 Å². The number of benzene rings is 3. The molecule has 1 saturated heterocycles. The maximum atomic E-state index is 13.6. The van der Waals surface area contributed by atoms with Gasteiger partial charge >= 0.3 is 0 Å². The molecule has 5 rings (SSSR count). The van der Waals surface area contributed by atoms with Gasteiger partial charge in [0.25, 0.3) is 5.56 Å². The second-order valence-corrected chi connectivity index (χ2v) is 10.7. The molecule has 1 unspecified atom stereocenters. The van der Waals surface area contributed by atoms with E-state index in [2.05, 4.69) is 39.5 Å². The van der Waals surface area contributed by atoms with E-state index in [9.17, 15) is 9.59 Å². The topological polar surface area (TPSA) is 76.5 Å². The summed E-state index contributed by atoms with van der Waals surface area (Å²) in [4.78, 5) is 34.1. The molecule has 2 heterocycles. The molecule has 1 atom stereocenters. The summed E-state index contributed by atoms with van der Waals surface area (Å²) in [7, 11) is 0. The number of hydrogen-bond donors (Lipinski definition) is 1. The number of para-hydroxylation sites is 1. The molecule has 1 aromatic heterocycles. The Labute approximate surface area is 229 Å². The zero-order valence-corrected chi connectivity index (χ0v) is 22.8. The fraction of sp³-hybridized carbons (Fsp3) is 0.344. The number of hydrogen-bond acceptors (Lipinski definition) is 5. The molecule has 3 aromatic carbocycles. The fourth-order valence-electron chi connectivity index (χ4n) is 5.29. The first-order valence-corrected chi connectivity index (χ1v) is 13.7. The van der Waals surface area contributed by atoms with Gasteiger partial charge in [-0.25, -0.2) is 4.98 Å². The van der Waals surface area contributed by atoms with Crippen molar-refractivity contribution < 1.29 is 9.53 Å². The molecule has 1 amide bonds.